The van der Waals surface area contributed by atoms with Gasteiger partial charge in [-0.05, 0) is 40.8 Å². The van der Waals surface area contributed by atoms with E-state index in [2.05, 4.69) is 27.9 Å². The number of rotatable bonds is 3. The first kappa shape index (κ1) is 12.1. The average Bonchev–Trinajstić information content (AvgIpc) is 2.18. The standard InChI is InChI=1S/C9H8Cl2INO/c10-3-4-13-9(14)6-1-2-8(12)7(11)5-6/h1-2,5H,3-4H2,(H,13,14). The van der Waals surface area contributed by atoms with Gasteiger partial charge in [-0.3, -0.25) is 4.79 Å². The molecule has 5 heteroatoms. The van der Waals surface area contributed by atoms with Gasteiger partial charge in [-0.15, -0.1) is 11.6 Å². The molecule has 14 heavy (non-hydrogen) atoms. The third-order valence-electron chi connectivity index (χ3n) is 1.56. The molecule has 1 N–H and O–H groups in total. The van der Waals surface area contributed by atoms with Gasteiger partial charge in [0.1, 0.15) is 0 Å². The van der Waals surface area contributed by atoms with E-state index in [-0.39, 0.29) is 5.91 Å². The second kappa shape index (κ2) is 5.78. The zero-order valence-electron chi connectivity index (χ0n) is 7.19. The molecule has 76 valence electrons. The Labute approximate surface area is 106 Å². The number of amides is 1. The van der Waals surface area contributed by atoms with Crippen LogP contribution in [0.5, 0.6) is 0 Å². The summed E-state index contributed by atoms with van der Waals surface area (Å²) < 4.78 is 0.929. The van der Waals surface area contributed by atoms with Gasteiger partial charge in [0.25, 0.3) is 5.91 Å². The van der Waals surface area contributed by atoms with Crippen molar-refractivity contribution in [1.82, 2.24) is 5.32 Å². The van der Waals surface area contributed by atoms with Crippen molar-refractivity contribution >= 4 is 51.7 Å². The molecular formula is C9H8Cl2INO. The van der Waals surface area contributed by atoms with E-state index in [0.717, 1.165) is 3.57 Å². The fourth-order valence-corrected chi connectivity index (χ4v) is 1.51. The van der Waals surface area contributed by atoms with E-state index in [1.54, 1.807) is 18.2 Å². The first-order valence-electron chi connectivity index (χ1n) is 3.94. The number of alkyl halides is 1. The molecule has 0 heterocycles. The van der Waals surface area contributed by atoms with Crippen molar-refractivity contribution in [3.8, 4) is 0 Å². The van der Waals surface area contributed by atoms with Gasteiger partial charge >= 0.3 is 0 Å². The molecule has 0 fully saturated rings. The molecule has 0 saturated carbocycles. The van der Waals surface area contributed by atoms with Gasteiger partial charge in [-0.1, -0.05) is 11.6 Å². The van der Waals surface area contributed by atoms with Crippen LogP contribution >= 0.6 is 45.8 Å². The SMILES string of the molecule is O=C(NCCCl)c1ccc(I)c(Cl)c1. The smallest absolute Gasteiger partial charge is 0.251 e. The zero-order chi connectivity index (χ0) is 10.6. The highest BCUT2D eigenvalue weighted by molar-refractivity contribution is 14.1. The minimum atomic E-state index is -0.149. The Morgan fingerprint density at radius 2 is 2.21 bits per heavy atom. The van der Waals surface area contributed by atoms with Crippen molar-refractivity contribution in [2.24, 2.45) is 0 Å². The molecule has 0 aliphatic rings. The van der Waals surface area contributed by atoms with Crippen LogP contribution in [0.15, 0.2) is 18.2 Å². The van der Waals surface area contributed by atoms with E-state index >= 15 is 0 Å². The molecule has 0 atom stereocenters. The van der Waals surface area contributed by atoms with Crippen LogP contribution in [0.1, 0.15) is 10.4 Å². The van der Waals surface area contributed by atoms with Gasteiger partial charge in [0.15, 0.2) is 0 Å². The van der Waals surface area contributed by atoms with Crippen molar-refractivity contribution in [3.63, 3.8) is 0 Å². The van der Waals surface area contributed by atoms with Gasteiger partial charge in [0, 0.05) is 21.6 Å². The van der Waals surface area contributed by atoms with Crippen LogP contribution in [-0.4, -0.2) is 18.3 Å². The fraction of sp³-hybridized carbons (Fsp3) is 0.222. The summed E-state index contributed by atoms with van der Waals surface area (Å²) in [6.07, 6.45) is 0. The fourth-order valence-electron chi connectivity index (χ4n) is 0.900. The summed E-state index contributed by atoms with van der Waals surface area (Å²) in [6.45, 7) is 0.462. The summed E-state index contributed by atoms with van der Waals surface area (Å²) in [5, 5.41) is 3.25. The summed E-state index contributed by atoms with van der Waals surface area (Å²) in [5.41, 5.74) is 0.556. The lowest BCUT2D eigenvalue weighted by Gasteiger charge is -2.03. The molecule has 0 saturated heterocycles. The number of halogens is 3. The van der Waals surface area contributed by atoms with Crippen molar-refractivity contribution in [2.75, 3.05) is 12.4 Å². The maximum atomic E-state index is 11.4. The number of carbonyl (C=O) groups excluding carboxylic acids is 1. The lowest BCUT2D eigenvalue weighted by Crippen LogP contribution is -2.25. The van der Waals surface area contributed by atoms with E-state index in [9.17, 15) is 4.79 Å². The van der Waals surface area contributed by atoms with Crippen molar-refractivity contribution in [1.29, 1.82) is 0 Å². The molecule has 0 radical (unpaired) electrons. The number of nitrogens with one attached hydrogen (secondary N) is 1. The highest BCUT2D eigenvalue weighted by atomic mass is 127. The van der Waals surface area contributed by atoms with Crippen molar-refractivity contribution in [2.45, 2.75) is 0 Å². The van der Waals surface area contributed by atoms with Gasteiger partial charge < -0.3 is 5.32 Å². The maximum Gasteiger partial charge on any atom is 0.251 e. The predicted molar refractivity (Wildman–Crippen MR) is 67.2 cm³/mol. The van der Waals surface area contributed by atoms with E-state index in [4.69, 9.17) is 23.2 Å². The number of carbonyl (C=O) groups is 1. The highest BCUT2D eigenvalue weighted by Crippen LogP contribution is 2.19. The Kier molecular flexibility index (Phi) is 4.98. The average molecular weight is 344 g/mol. The van der Waals surface area contributed by atoms with Crippen molar-refractivity contribution in [3.05, 3.63) is 32.4 Å². The molecule has 0 unspecified atom stereocenters. The van der Waals surface area contributed by atoms with Crippen LogP contribution in [0.2, 0.25) is 5.02 Å². The number of hydrogen-bond donors (Lipinski definition) is 1. The zero-order valence-corrected chi connectivity index (χ0v) is 10.9. The molecule has 0 aliphatic heterocycles. The summed E-state index contributed by atoms with van der Waals surface area (Å²) in [7, 11) is 0. The van der Waals surface area contributed by atoms with Crippen LogP contribution < -0.4 is 5.32 Å². The monoisotopic (exact) mass is 343 g/mol. The van der Waals surface area contributed by atoms with E-state index < -0.39 is 0 Å². The molecule has 0 spiro atoms. The Hall–Kier alpha value is -0.0000000000000000555. The molecule has 0 bridgehead atoms. The van der Waals surface area contributed by atoms with Crippen LogP contribution in [0, 0.1) is 3.57 Å². The lowest BCUT2D eigenvalue weighted by atomic mass is 10.2. The Morgan fingerprint density at radius 3 is 2.79 bits per heavy atom. The second-order valence-electron chi connectivity index (χ2n) is 2.57. The van der Waals surface area contributed by atoms with E-state index in [1.165, 1.54) is 0 Å². The van der Waals surface area contributed by atoms with Crippen LogP contribution in [0.25, 0.3) is 0 Å². The van der Waals surface area contributed by atoms with Crippen LogP contribution in [0.4, 0.5) is 0 Å². The van der Waals surface area contributed by atoms with Crippen molar-refractivity contribution < 1.29 is 4.79 Å². The molecular weight excluding hydrogens is 336 g/mol. The number of benzene rings is 1. The molecule has 1 amide bonds. The molecule has 0 aromatic heterocycles. The molecule has 0 aliphatic carbocycles. The largest absolute Gasteiger partial charge is 0.351 e. The first-order chi connectivity index (χ1) is 6.65. The molecule has 1 aromatic carbocycles. The minimum absolute atomic E-state index is 0.149. The van der Waals surface area contributed by atoms with Crippen LogP contribution in [0.3, 0.4) is 0 Å². The Balaban J connectivity index is 2.76. The van der Waals surface area contributed by atoms with Gasteiger partial charge in [0.05, 0.1) is 5.02 Å². The quantitative estimate of drug-likeness (QED) is 0.663. The third kappa shape index (κ3) is 3.29. The van der Waals surface area contributed by atoms with Gasteiger partial charge in [-0.2, -0.15) is 0 Å². The normalized spacial score (nSPS) is 9.93. The van der Waals surface area contributed by atoms with E-state index in [0.29, 0.717) is 23.0 Å². The Morgan fingerprint density at radius 1 is 1.50 bits per heavy atom. The lowest BCUT2D eigenvalue weighted by molar-refractivity contribution is 0.0956. The summed E-state index contributed by atoms with van der Waals surface area (Å²) in [5.74, 6) is 0.257. The summed E-state index contributed by atoms with van der Waals surface area (Å²) >= 11 is 13.4. The third-order valence-corrected chi connectivity index (χ3v) is 3.32. The molecule has 1 aromatic rings. The van der Waals surface area contributed by atoms with E-state index in [1.807, 2.05) is 0 Å². The predicted octanol–water partition coefficient (Wildman–Crippen LogP) is 2.91. The topological polar surface area (TPSA) is 29.1 Å². The number of hydrogen-bond acceptors (Lipinski definition) is 1. The Bertz CT molecular complexity index is 344. The van der Waals surface area contributed by atoms with Gasteiger partial charge in [0.2, 0.25) is 0 Å². The summed E-state index contributed by atoms with van der Waals surface area (Å²) in [6, 6.07) is 5.18. The first-order valence-corrected chi connectivity index (χ1v) is 5.93. The maximum absolute atomic E-state index is 11.4. The molecule has 1 rings (SSSR count). The summed E-state index contributed by atoms with van der Waals surface area (Å²) in [4.78, 5) is 11.4. The molecule has 2 nitrogen and oxygen atoms in total. The minimum Gasteiger partial charge on any atom is -0.351 e. The van der Waals surface area contributed by atoms with Crippen LogP contribution in [-0.2, 0) is 0 Å². The second-order valence-corrected chi connectivity index (χ2v) is 4.52. The van der Waals surface area contributed by atoms with Gasteiger partial charge in [-0.25, -0.2) is 0 Å². The highest BCUT2D eigenvalue weighted by Gasteiger charge is 2.06.